The molecular weight excluding hydrogens is 306 g/mol. The molecule has 100 valence electrons. The Balaban J connectivity index is 2.19. The van der Waals surface area contributed by atoms with Crippen molar-refractivity contribution in [3.8, 4) is 11.6 Å². The van der Waals surface area contributed by atoms with Crippen LogP contribution in [0.2, 0.25) is 0 Å². The first-order valence-corrected chi connectivity index (χ1v) is 6.99. The number of anilines is 1. The molecule has 0 aliphatic rings. The number of hydrogen-bond donors (Lipinski definition) is 1. The maximum atomic E-state index is 5.79. The Morgan fingerprint density at radius 1 is 1.37 bits per heavy atom. The molecule has 0 aliphatic carbocycles. The minimum absolute atomic E-state index is 0.576. The lowest BCUT2D eigenvalue weighted by atomic mass is 10.3. The van der Waals surface area contributed by atoms with Gasteiger partial charge in [0, 0.05) is 22.8 Å². The second-order valence-corrected chi connectivity index (χ2v) is 5.08. The van der Waals surface area contributed by atoms with Gasteiger partial charge in [-0.1, -0.05) is 28.9 Å². The molecule has 0 unspecified atom stereocenters. The fourth-order valence-corrected chi connectivity index (χ4v) is 1.87. The third-order valence-electron chi connectivity index (χ3n) is 2.47. The Morgan fingerprint density at radius 3 is 2.95 bits per heavy atom. The van der Waals surface area contributed by atoms with E-state index in [4.69, 9.17) is 4.74 Å². The second kappa shape index (κ2) is 6.52. The molecule has 0 spiro atoms. The van der Waals surface area contributed by atoms with Crippen molar-refractivity contribution in [2.45, 2.75) is 20.3 Å². The average Bonchev–Trinajstić information content (AvgIpc) is 2.40. The van der Waals surface area contributed by atoms with Crippen LogP contribution in [0.25, 0.3) is 0 Å². The number of aromatic nitrogens is 2. The summed E-state index contributed by atoms with van der Waals surface area (Å²) in [5.74, 6) is 1.92. The first-order valence-electron chi connectivity index (χ1n) is 6.20. The standard InChI is InChI=1S/C14H16BrN3O/c1-3-7-16-14-17-9-10(2)13(18-14)19-12-6-4-5-11(15)8-12/h4-6,8-9H,3,7H2,1-2H3,(H,16,17,18). The zero-order valence-electron chi connectivity index (χ0n) is 11.0. The molecule has 1 aromatic heterocycles. The zero-order valence-corrected chi connectivity index (χ0v) is 12.6. The molecule has 0 saturated heterocycles. The summed E-state index contributed by atoms with van der Waals surface area (Å²) < 4.78 is 6.76. The van der Waals surface area contributed by atoms with Crippen molar-refractivity contribution in [1.29, 1.82) is 0 Å². The van der Waals surface area contributed by atoms with Gasteiger partial charge in [0.1, 0.15) is 5.75 Å². The topological polar surface area (TPSA) is 47.0 Å². The van der Waals surface area contributed by atoms with Crippen LogP contribution >= 0.6 is 15.9 Å². The summed E-state index contributed by atoms with van der Waals surface area (Å²) in [4.78, 5) is 8.60. The lowest BCUT2D eigenvalue weighted by Crippen LogP contribution is -2.05. The summed E-state index contributed by atoms with van der Waals surface area (Å²) in [7, 11) is 0. The van der Waals surface area contributed by atoms with Gasteiger partial charge in [-0.05, 0) is 31.5 Å². The fourth-order valence-electron chi connectivity index (χ4n) is 1.49. The molecule has 5 heteroatoms. The summed E-state index contributed by atoms with van der Waals surface area (Å²) >= 11 is 3.42. The number of rotatable bonds is 5. The quantitative estimate of drug-likeness (QED) is 0.898. The van der Waals surface area contributed by atoms with Gasteiger partial charge in [-0.2, -0.15) is 4.98 Å². The van der Waals surface area contributed by atoms with E-state index in [9.17, 15) is 0 Å². The highest BCUT2D eigenvalue weighted by Gasteiger charge is 2.06. The first-order chi connectivity index (χ1) is 9.19. The van der Waals surface area contributed by atoms with E-state index in [1.807, 2.05) is 31.2 Å². The molecule has 0 amide bonds. The number of benzene rings is 1. The highest BCUT2D eigenvalue weighted by Crippen LogP contribution is 2.25. The monoisotopic (exact) mass is 321 g/mol. The number of halogens is 1. The van der Waals surface area contributed by atoms with Gasteiger partial charge in [-0.15, -0.1) is 0 Å². The second-order valence-electron chi connectivity index (χ2n) is 4.17. The highest BCUT2D eigenvalue weighted by atomic mass is 79.9. The number of hydrogen-bond acceptors (Lipinski definition) is 4. The Hall–Kier alpha value is -1.62. The molecule has 0 atom stereocenters. The van der Waals surface area contributed by atoms with Crippen LogP contribution in [0, 0.1) is 6.92 Å². The van der Waals surface area contributed by atoms with E-state index in [-0.39, 0.29) is 0 Å². The van der Waals surface area contributed by atoms with Crippen molar-refractivity contribution in [3.63, 3.8) is 0 Å². The van der Waals surface area contributed by atoms with Crippen LogP contribution in [0.5, 0.6) is 11.6 Å². The van der Waals surface area contributed by atoms with Crippen molar-refractivity contribution in [1.82, 2.24) is 9.97 Å². The van der Waals surface area contributed by atoms with Crippen molar-refractivity contribution in [3.05, 3.63) is 40.5 Å². The minimum atomic E-state index is 0.576. The van der Waals surface area contributed by atoms with E-state index in [2.05, 4.69) is 38.1 Å². The van der Waals surface area contributed by atoms with E-state index in [1.165, 1.54) is 0 Å². The summed E-state index contributed by atoms with van der Waals surface area (Å²) in [6.45, 7) is 4.87. The number of aryl methyl sites for hydroxylation is 1. The molecule has 2 rings (SSSR count). The van der Waals surface area contributed by atoms with Gasteiger partial charge in [-0.3, -0.25) is 0 Å². The lowest BCUT2D eigenvalue weighted by Gasteiger charge is -2.09. The summed E-state index contributed by atoms with van der Waals surface area (Å²) in [5, 5.41) is 3.15. The molecule has 0 bridgehead atoms. The molecule has 0 aliphatic heterocycles. The predicted octanol–water partition coefficient (Wildman–Crippen LogP) is 4.16. The molecule has 0 saturated carbocycles. The molecule has 0 fully saturated rings. The average molecular weight is 322 g/mol. The van der Waals surface area contributed by atoms with E-state index in [1.54, 1.807) is 6.20 Å². The molecule has 19 heavy (non-hydrogen) atoms. The van der Waals surface area contributed by atoms with Crippen molar-refractivity contribution in [2.24, 2.45) is 0 Å². The third kappa shape index (κ3) is 3.92. The highest BCUT2D eigenvalue weighted by molar-refractivity contribution is 9.10. The molecule has 4 nitrogen and oxygen atoms in total. The number of nitrogens with one attached hydrogen (secondary N) is 1. The van der Waals surface area contributed by atoms with Crippen LogP contribution in [0.3, 0.4) is 0 Å². The Kier molecular flexibility index (Phi) is 4.74. The maximum absolute atomic E-state index is 5.79. The SMILES string of the molecule is CCCNc1ncc(C)c(Oc2cccc(Br)c2)n1. The van der Waals surface area contributed by atoms with E-state index in [0.29, 0.717) is 11.8 Å². The van der Waals surface area contributed by atoms with Gasteiger partial charge in [0.15, 0.2) is 0 Å². The molecule has 1 heterocycles. The Labute approximate surface area is 121 Å². The predicted molar refractivity (Wildman–Crippen MR) is 79.8 cm³/mol. The van der Waals surface area contributed by atoms with Gasteiger partial charge in [0.05, 0.1) is 0 Å². The summed E-state index contributed by atoms with van der Waals surface area (Å²) in [5.41, 5.74) is 0.905. The fraction of sp³-hybridized carbons (Fsp3) is 0.286. The van der Waals surface area contributed by atoms with E-state index < -0.39 is 0 Å². The summed E-state index contributed by atoms with van der Waals surface area (Å²) in [6.07, 6.45) is 2.79. The van der Waals surface area contributed by atoms with E-state index >= 15 is 0 Å². The number of nitrogens with zero attached hydrogens (tertiary/aromatic N) is 2. The van der Waals surface area contributed by atoms with Gasteiger partial charge in [-0.25, -0.2) is 4.98 Å². The van der Waals surface area contributed by atoms with Crippen LogP contribution in [-0.2, 0) is 0 Å². The molecule has 2 aromatic rings. The molecule has 1 aromatic carbocycles. The Bertz CT molecular complexity index is 560. The molecule has 1 N–H and O–H groups in total. The zero-order chi connectivity index (χ0) is 13.7. The minimum Gasteiger partial charge on any atom is -0.439 e. The number of ether oxygens (including phenoxy) is 1. The van der Waals surface area contributed by atoms with E-state index in [0.717, 1.165) is 28.8 Å². The van der Waals surface area contributed by atoms with Crippen molar-refractivity contribution >= 4 is 21.9 Å². The van der Waals surface area contributed by atoms with Crippen LogP contribution in [0.4, 0.5) is 5.95 Å². The van der Waals surface area contributed by atoms with Crippen LogP contribution in [-0.4, -0.2) is 16.5 Å². The van der Waals surface area contributed by atoms with Crippen molar-refractivity contribution in [2.75, 3.05) is 11.9 Å². The first kappa shape index (κ1) is 13.8. The largest absolute Gasteiger partial charge is 0.439 e. The molecule has 0 radical (unpaired) electrons. The van der Waals surface area contributed by atoms with Gasteiger partial charge >= 0.3 is 0 Å². The van der Waals surface area contributed by atoms with Crippen molar-refractivity contribution < 1.29 is 4.74 Å². The summed E-state index contributed by atoms with van der Waals surface area (Å²) in [6, 6.07) is 7.67. The smallest absolute Gasteiger partial charge is 0.226 e. The van der Waals surface area contributed by atoms with Crippen LogP contribution in [0.15, 0.2) is 34.9 Å². The maximum Gasteiger partial charge on any atom is 0.226 e. The lowest BCUT2D eigenvalue weighted by molar-refractivity contribution is 0.458. The van der Waals surface area contributed by atoms with Gasteiger partial charge in [0.25, 0.3) is 0 Å². The Morgan fingerprint density at radius 2 is 2.21 bits per heavy atom. The van der Waals surface area contributed by atoms with Gasteiger partial charge in [0.2, 0.25) is 11.8 Å². The van der Waals surface area contributed by atoms with Crippen LogP contribution in [0.1, 0.15) is 18.9 Å². The molecular formula is C14H16BrN3O. The van der Waals surface area contributed by atoms with Gasteiger partial charge < -0.3 is 10.1 Å². The normalized spacial score (nSPS) is 10.3. The third-order valence-corrected chi connectivity index (χ3v) is 2.96. The van der Waals surface area contributed by atoms with Crippen LogP contribution < -0.4 is 10.1 Å².